The van der Waals surface area contributed by atoms with Crippen LogP contribution in [0.5, 0.6) is 5.75 Å². The van der Waals surface area contributed by atoms with Gasteiger partial charge in [0.05, 0.1) is 16.5 Å². The number of piperidine rings is 1. The number of carbonyl (C=O) groups is 3. The number of aliphatic hydroxyl groups is 1. The molecule has 2 aliphatic rings. The molecule has 1 aromatic heterocycles. The van der Waals surface area contributed by atoms with Crippen LogP contribution in [0.15, 0.2) is 95.8 Å². The fourth-order valence-electron chi connectivity index (χ4n) is 8.68. The molecule has 1 atom stereocenters. The van der Waals surface area contributed by atoms with E-state index in [4.69, 9.17) is 0 Å². The Bertz CT molecular complexity index is 2320. The molecule has 60 heavy (non-hydrogen) atoms. The van der Waals surface area contributed by atoms with Gasteiger partial charge < -0.3 is 40.7 Å². The van der Waals surface area contributed by atoms with E-state index in [0.29, 0.717) is 60.4 Å². The fraction of sp³-hybridized carbons (Fsp3) is 0.391. The van der Waals surface area contributed by atoms with E-state index in [2.05, 4.69) is 20.5 Å². The lowest BCUT2D eigenvalue weighted by atomic mass is 9.60. The lowest BCUT2D eigenvalue weighted by Crippen LogP contribution is -2.56. The highest BCUT2D eigenvalue weighted by Gasteiger charge is 2.49. The second-order valence-corrected chi connectivity index (χ2v) is 17.2. The molecule has 6 N–H and O–H groups in total. The number of phenolic OH excluding ortho intramolecular Hbond substituents is 1. The molecule has 3 amide bonds. The maximum absolute atomic E-state index is 13.0. The van der Waals surface area contributed by atoms with Crippen molar-refractivity contribution >= 4 is 50.8 Å². The predicted molar refractivity (Wildman–Crippen MR) is 235 cm³/mol. The molecular weight excluding hydrogens is 781 g/mol. The Morgan fingerprint density at radius 3 is 2.38 bits per heavy atom. The maximum atomic E-state index is 13.0. The standard InChI is InChI=1S/C46H54N6O7S/c1-50(23-8-7-13-40(55)48-33-16-14-31(15-17-33)29-47-30-39(54)36-18-19-38(53)42-43(36)60-44(57)49-42)41(56)20-24-51-25-21-46(22-26-51)27-34(28-46)52(45(58)59)37-12-6-5-11-35(37)32-9-3-2-4-10-32/h2-6,9-12,14-19,34,39,47,53-54H,7-8,13,20-30H2,1H3,(H,48,55)(H,49,57)(H,58,59)/t39-/m0/s1. The minimum absolute atomic E-state index is 0.0329. The number of amides is 3. The molecule has 2 heterocycles. The molecule has 5 aromatic rings. The van der Waals surface area contributed by atoms with E-state index in [-0.39, 0.29) is 40.4 Å². The van der Waals surface area contributed by atoms with Gasteiger partial charge in [-0.15, -0.1) is 0 Å². The number of para-hydroxylation sites is 1. The average molecular weight is 835 g/mol. The summed E-state index contributed by atoms with van der Waals surface area (Å²) in [4.78, 5) is 58.0. The summed E-state index contributed by atoms with van der Waals surface area (Å²) in [6.45, 7) is 3.84. The molecule has 14 heteroatoms. The molecule has 1 spiro atoms. The molecular formula is C46H54N6O7S. The largest absolute Gasteiger partial charge is 0.506 e. The molecule has 0 bridgehead atoms. The van der Waals surface area contributed by atoms with Crippen molar-refractivity contribution in [2.24, 2.45) is 5.41 Å². The second-order valence-electron chi connectivity index (χ2n) is 16.2. The van der Waals surface area contributed by atoms with Crippen molar-refractivity contribution in [2.75, 3.05) is 50.0 Å². The second kappa shape index (κ2) is 19.2. The van der Waals surface area contributed by atoms with E-state index in [1.165, 1.54) is 6.07 Å². The minimum atomic E-state index is -0.917. The maximum Gasteiger partial charge on any atom is 0.412 e. The number of carboxylic acid groups (broad SMARTS) is 1. The number of rotatable bonds is 17. The highest BCUT2D eigenvalue weighted by atomic mass is 32.1. The summed E-state index contributed by atoms with van der Waals surface area (Å²) in [5, 5.41) is 37.2. The number of aromatic amines is 1. The third-order valence-electron chi connectivity index (χ3n) is 12.1. The smallest absolute Gasteiger partial charge is 0.412 e. The lowest BCUT2D eigenvalue weighted by molar-refractivity contribution is -0.130. The van der Waals surface area contributed by atoms with Crippen molar-refractivity contribution in [3.05, 3.63) is 112 Å². The summed E-state index contributed by atoms with van der Waals surface area (Å²) >= 11 is 0.952. The number of anilines is 2. The van der Waals surface area contributed by atoms with E-state index in [0.717, 1.165) is 78.9 Å². The van der Waals surface area contributed by atoms with Gasteiger partial charge in [0.25, 0.3) is 0 Å². The van der Waals surface area contributed by atoms with Crippen LogP contribution in [0.3, 0.4) is 0 Å². The SMILES string of the molecule is CN(CCCCC(=O)Nc1ccc(CNC[C@H](O)c2ccc(O)c3[nH]c(=O)sc23)cc1)C(=O)CCN1CCC2(CC1)CC(N(C(=O)O)c1ccccc1-c1ccccc1)C2. The number of H-pyrrole nitrogens is 1. The zero-order valence-electron chi connectivity index (χ0n) is 33.9. The first-order chi connectivity index (χ1) is 29.0. The number of aromatic nitrogens is 1. The number of hydrogen-bond acceptors (Lipinski definition) is 9. The fourth-order valence-corrected chi connectivity index (χ4v) is 9.60. The molecule has 7 rings (SSSR count). The van der Waals surface area contributed by atoms with Crippen LogP contribution in [0.25, 0.3) is 21.3 Å². The van der Waals surface area contributed by atoms with Crippen LogP contribution in [0, 0.1) is 5.41 Å². The molecule has 13 nitrogen and oxygen atoms in total. The van der Waals surface area contributed by atoms with Gasteiger partial charge in [0.2, 0.25) is 11.8 Å². The minimum Gasteiger partial charge on any atom is -0.506 e. The normalized spacial score (nSPS) is 15.7. The molecule has 1 saturated carbocycles. The summed E-state index contributed by atoms with van der Waals surface area (Å²) in [5.41, 5.74) is 5.37. The Balaban J connectivity index is 0.758. The van der Waals surface area contributed by atoms with Crippen LogP contribution in [-0.2, 0) is 16.1 Å². The highest BCUT2D eigenvalue weighted by molar-refractivity contribution is 7.16. The quantitative estimate of drug-likeness (QED) is 0.0530. The van der Waals surface area contributed by atoms with E-state index < -0.39 is 12.2 Å². The number of aromatic hydroxyl groups is 1. The summed E-state index contributed by atoms with van der Waals surface area (Å²) < 4.78 is 0.536. The third kappa shape index (κ3) is 10.2. The van der Waals surface area contributed by atoms with Gasteiger partial charge in [-0.1, -0.05) is 78.1 Å². The Morgan fingerprint density at radius 2 is 1.65 bits per heavy atom. The molecule has 1 aliphatic heterocycles. The number of thiazole rings is 1. The average Bonchev–Trinajstić information content (AvgIpc) is 3.64. The van der Waals surface area contributed by atoms with Crippen molar-refractivity contribution in [3.8, 4) is 16.9 Å². The molecule has 2 fully saturated rings. The van der Waals surface area contributed by atoms with Gasteiger partial charge >= 0.3 is 11.0 Å². The van der Waals surface area contributed by atoms with Crippen LogP contribution in [0.4, 0.5) is 16.2 Å². The van der Waals surface area contributed by atoms with Crippen LogP contribution < -0.4 is 20.4 Å². The van der Waals surface area contributed by atoms with Crippen molar-refractivity contribution in [3.63, 3.8) is 0 Å². The van der Waals surface area contributed by atoms with Crippen molar-refractivity contribution < 1.29 is 29.7 Å². The molecule has 4 aromatic carbocycles. The first-order valence-corrected chi connectivity index (χ1v) is 21.6. The van der Waals surface area contributed by atoms with Gasteiger partial charge in [-0.3, -0.25) is 19.3 Å². The number of nitrogens with one attached hydrogen (secondary N) is 3. The monoisotopic (exact) mass is 834 g/mol. The molecule has 0 radical (unpaired) electrons. The summed E-state index contributed by atoms with van der Waals surface area (Å²) in [5.74, 6) is -0.0218. The first-order valence-electron chi connectivity index (χ1n) is 20.7. The topological polar surface area (TPSA) is 179 Å². The van der Waals surface area contributed by atoms with Gasteiger partial charge in [0.1, 0.15) is 11.3 Å². The Morgan fingerprint density at radius 1 is 0.933 bits per heavy atom. The van der Waals surface area contributed by atoms with Gasteiger partial charge in [0, 0.05) is 68.9 Å². The van der Waals surface area contributed by atoms with Gasteiger partial charge in [-0.05, 0) is 92.4 Å². The van der Waals surface area contributed by atoms with Crippen LogP contribution in [-0.4, -0.2) is 93.8 Å². The molecule has 316 valence electrons. The van der Waals surface area contributed by atoms with Crippen LogP contribution >= 0.6 is 11.3 Å². The Hall–Kier alpha value is -5.54. The molecule has 1 saturated heterocycles. The molecule has 0 unspecified atom stereocenters. The molecule has 1 aliphatic carbocycles. The van der Waals surface area contributed by atoms with Gasteiger partial charge in [-0.2, -0.15) is 0 Å². The third-order valence-corrected chi connectivity index (χ3v) is 13.1. The summed E-state index contributed by atoms with van der Waals surface area (Å²) in [6, 6.07) is 28.2. The van der Waals surface area contributed by atoms with Crippen molar-refractivity contribution in [2.45, 2.75) is 70.1 Å². The number of nitrogens with zero attached hydrogens (tertiary/aromatic N) is 3. The van der Waals surface area contributed by atoms with E-state index >= 15 is 0 Å². The number of aliphatic hydroxyl groups excluding tert-OH is 1. The number of carbonyl (C=O) groups excluding carboxylic acids is 2. The number of likely N-dealkylation sites (tertiary alicyclic amines) is 1. The van der Waals surface area contributed by atoms with Gasteiger partial charge in [-0.25, -0.2) is 4.79 Å². The zero-order chi connectivity index (χ0) is 42.2. The van der Waals surface area contributed by atoms with Crippen molar-refractivity contribution in [1.29, 1.82) is 0 Å². The van der Waals surface area contributed by atoms with Gasteiger partial charge in [0.15, 0.2) is 0 Å². The number of hydrogen-bond donors (Lipinski definition) is 6. The first kappa shape index (κ1) is 42.6. The summed E-state index contributed by atoms with van der Waals surface area (Å²) in [7, 11) is 1.82. The zero-order valence-corrected chi connectivity index (χ0v) is 34.8. The lowest BCUT2D eigenvalue weighted by Gasteiger charge is -2.54. The predicted octanol–water partition coefficient (Wildman–Crippen LogP) is 7.17. The van der Waals surface area contributed by atoms with Crippen LogP contribution in [0.1, 0.15) is 68.6 Å². The van der Waals surface area contributed by atoms with E-state index in [1.54, 1.807) is 15.9 Å². The highest BCUT2D eigenvalue weighted by Crippen LogP contribution is 2.52. The Labute approximate surface area is 353 Å². The van der Waals surface area contributed by atoms with Crippen LogP contribution in [0.2, 0.25) is 0 Å². The number of phenols is 1. The summed E-state index contributed by atoms with van der Waals surface area (Å²) in [6.07, 6.45) is 4.10. The number of benzene rings is 4. The van der Waals surface area contributed by atoms with E-state index in [1.807, 2.05) is 85.9 Å². The number of fused-ring (bicyclic) bond motifs is 1. The Kier molecular flexibility index (Phi) is 13.6. The van der Waals surface area contributed by atoms with E-state index in [9.17, 15) is 34.5 Å². The van der Waals surface area contributed by atoms with Crippen molar-refractivity contribution in [1.82, 2.24) is 20.1 Å². The number of unbranched alkanes of at least 4 members (excludes halogenated alkanes) is 1.